The van der Waals surface area contributed by atoms with E-state index in [-0.39, 0.29) is 35.7 Å². The van der Waals surface area contributed by atoms with Gasteiger partial charge < -0.3 is 24.3 Å². The number of hydrogen-bond donors (Lipinski definition) is 2. The summed E-state index contributed by atoms with van der Waals surface area (Å²) in [7, 11) is 0. The molecule has 1 aliphatic carbocycles. The standard InChI is InChI=1S/C24H29NO6/c1-2-29-24-16(10-6-12-26)18(13-21(31-24)23(28)25-15-7-5-8-15)19-14-30-20-11-4-3-9-17(20)22(19)27/h3-4,9,11,13-16,18,24,26H,2,5-8,10,12H2,1H3,(H,25,28)/t16-,18+,24-/m0/s1. The van der Waals surface area contributed by atoms with E-state index in [9.17, 15) is 14.7 Å². The summed E-state index contributed by atoms with van der Waals surface area (Å²) in [5, 5.41) is 12.9. The number of nitrogens with one attached hydrogen (secondary N) is 1. The molecule has 1 saturated carbocycles. The van der Waals surface area contributed by atoms with Crippen LogP contribution in [0.1, 0.15) is 50.5 Å². The molecular weight excluding hydrogens is 398 g/mol. The number of para-hydroxylation sites is 1. The van der Waals surface area contributed by atoms with Gasteiger partial charge in [0.1, 0.15) is 5.58 Å². The van der Waals surface area contributed by atoms with E-state index in [2.05, 4.69) is 5.32 Å². The van der Waals surface area contributed by atoms with Crippen molar-refractivity contribution in [3.8, 4) is 0 Å². The molecule has 1 amide bonds. The van der Waals surface area contributed by atoms with Crippen LogP contribution in [0.5, 0.6) is 0 Å². The molecule has 2 N–H and O–H groups in total. The fraction of sp³-hybridized carbons (Fsp3) is 0.500. The minimum Gasteiger partial charge on any atom is -0.464 e. The van der Waals surface area contributed by atoms with E-state index in [0.29, 0.717) is 36.0 Å². The Balaban J connectivity index is 1.75. The van der Waals surface area contributed by atoms with Gasteiger partial charge in [-0.15, -0.1) is 0 Å². The van der Waals surface area contributed by atoms with Crippen LogP contribution in [-0.2, 0) is 14.3 Å². The van der Waals surface area contributed by atoms with Gasteiger partial charge in [-0.3, -0.25) is 9.59 Å². The SMILES string of the molecule is CCO[C@H]1OC(C(=O)NC2CCC2)=C[C@@H](c2coc3ccccc3c2=O)[C@@H]1CCCO. The van der Waals surface area contributed by atoms with Crippen molar-refractivity contribution in [1.29, 1.82) is 0 Å². The third-order valence-electron chi connectivity index (χ3n) is 6.14. The Hall–Kier alpha value is -2.64. The molecule has 1 aliphatic heterocycles. The number of benzene rings is 1. The molecule has 0 spiro atoms. The highest BCUT2D eigenvalue weighted by molar-refractivity contribution is 5.92. The van der Waals surface area contributed by atoms with Gasteiger partial charge in [-0.25, -0.2) is 0 Å². The van der Waals surface area contributed by atoms with Crippen molar-refractivity contribution in [2.45, 2.75) is 57.3 Å². The van der Waals surface area contributed by atoms with E-state index >= 15 is 0 Å². The minimum absolute atomic E-state index is 0.0210. The van der Waals surface area contributed by atoms with Crippen LogP contribution in [0.2, 0.25) is 0 Å². The van der Waals surface area contributed by atoms with Gasteiger partial charge in [0, 0.05) is 36.7 Å². The molecule has 31 heavy (non-hydrogen) atoms. The van der Waals surface area contributed by atoms with Crippen LogP contribution in [0.25, 0.3) is 11.0 Å². The van der Waals surface area contributed by atoms with Crippen LogP contribution < -0.4 is 10.7 Å². The Morgan fingerprint density at radius 3 is 2.81 bits per heavy atom. The fourth-order valence-corrected chi connectivity index (χ4v) is 4.25. The minimum atomic E-state index is -0.695. The second kappa shape index (κ2) is 9.66. The largest absolute Gasteiger partial charge is 0.464 e. The molecule has 0 radical (unpaired) electrons. The topological polar surface area (TPSA) is 98.0 Å². The summed E-state index contributed by atoms with van der Waals surface area (Å²) in [6, 6.07) is 7.27. The van der Waals surface area contributed by atoms with Crippen molar-refractivity contribution in [2.75, 3.05) is 13.2 Å². The quantitative estimate of drug-likeness (QED) is 0.671. The van der Waals surface area contributed by atoms with E-state index < -0.39 is 12.2 Å². The van der Waals surface area contributed by atoms with Crippen LogP contribution in [0.3, 0.4) is 0 Å². The maximum Gasteiger partial charge on any atom is 0.286 e. The molecule has 4 rings (SSSR count). The van der Waals surface area contributed by atoms with Crippen LogP contribution >= 0.6 is 0 Å². The number of carbonyl (C=O) groups is 1. The second-order valence-corrected chi connectivity index (χ2v) is 8.15. The number of aliphatic hydroxyl groups is 1. The molecule has 0 unspecified atom stereocenters. The van der Waals surface area contributed by atoms with Crippen LogP contribution in [0.15, 0.2) is 51.6 Å². The lowest BCUT2D eigenvalue weighted by Gasteiger charge is -2.37. The van der Waals surface area contributed by atoms with E-state index in [0.717, 1.165) is 19.3 Å². The normalized spacial score (nSPS) is 23.7. The number of aliphatic hydroxyl groups excluding tert-OH is 1. The molecule has 2 heterocycles. The van der Waals surface area contributed by atoms with E-state index in [1.54, 1.807) is 24.3 Å². The number of carbonyl (C=O) groups excluding carboxylic acids is 1. The number of ether oxygens (including phenoxy) is 2. The van der Waals surface area contributed by atoms with Gasteiger partial charge in [0.2, 0.25) is 6.29 Å². The van der Waals surface area contributed by atoms with E-state index in [1.165, 1.54) is 6.26 Å². The summed E-state index contributed by atoms with van der Waals surface area (Å²) in [5.41, 5.74) is 0.847. The predicted molar refractivity (Wildman–Crippen MR) is 115 cm³/mol. The molecule has 2 aliphatic rings. The van der Waals surface area contributed by atoms with Gasteiger partial charge in [0.05, 0.1) is 11.6 Å². The summed E-state index contributed by atoms with van der Waals surface area (Å²) in [6.45, 7) is 2.28. The first-order valence-electron chi connectivity index (χ1n) is 11.0. The highest BCUT2D eigenvalue weighted by atomic mass is 16.7. The molecule has 1 aromatic heterocycles. The number of amides is 1. The summed E-state index contributed by atoms with van der Waals surface area (Å²) in [6.07, 6.45) is 6.64. The molecule has 166 valence electrons. The molecule has 7 nitrogen and oxygen atoms in total. The molecule has 1 fully saturated rings. The highest BCUT2D eigenvalue weighted by Crippen LogP contribution is 2.39. The van der Waals surface area contributed by atoms with Crippen molar-refractivity contribution in [3.05, 3.63) is 58.2 Å². The third kappa shape index (κ3) is 4.52. The van der Waals surface area contributed by atoms with Crippen molar-refractivity contribution >= 4 is 16.9 Å². The van der Waals surface area contributed by atoms with Crippen molar-refractivity contribution in [2.24, 2.45) is 5.92 Å². The Morgan fingerprint density at radius 2 is 2.10 bits per heavy atom. The Kier molecular flexibility index (Phi) is 6.73. The molecule has 0 saturated heterocycles. The van der Waals surface area contributed by atoms with Crippen LogP contribution in [0.4, 0.5) is 0 Å². The van der Waals surface area contributed by atoms with Crippen molar-refractivity contribution < 1.29 is 23.8 Å². The average Bonchev–Trinajstić information content (AvgIpc) is 2.75. The molecule has 1 aromatic carbocycles. The molecule has 2 aromatic rings. The van der Waals surface area contributed by atoms with Crippen LogP contribution in [0, 0.1) is 5.92 Å². The number of allylic oxidation sites excluding steroid dienone is 1. The maximum absolute atomic E-state index is 13.3. The molecule has 3 atom stereocenters. The molecule has 7 heteroatoms. The van der Waals surface area contributed by atoms with Gasteiger partial charge in [-0.1, -0.05) is 12.1 Å². The lowest BCUT2D eigenvalue weighted by atomic mass is 9.80. The monoisotopic (exact) mass is 427 g/mol. The Labute approximate surface area is 181 Å². The second-order valence-electron chi connectivity index (χ2n) is 8.15. The predicted octanol–water partition coefficient (Wildman–Crippen LogP) is 3.21. The molecule has 0 bridgehead atoms. The Bertz CT molecular complexity index is 1010. The zero-order chi connectivity index (χ0) is 21.8. The first-order valence-corrected chi connectivity index (χ1v) is 11.0. The lowest BCUT2D eigenvalue weighted by Crippen LogP contribution is -2.44. The first-order chi connectivity index (χ1) is 15.1. The number of rotatable bonds is 8. The van der Waals surface area contributed by atoms with Gasteiger partial charge in [0.25, 0.3) is 5.91 Å². The number of fused-ring (bicyclic) bond motifs is 1. The summed E-state index contributed by atoms with van der Waals surface area (Å²) < 4.78 is 17.6. The van der Waals surface area contributed by atoms with Gasteiger partial charge >= 0.3 is 0 Å². The van der Waals surface area contributed by atoms with E-state index in [1.807, 2.05) is 13.0 Å². The smallest absolute Gasteiger partial charge is 0.286 e. The average molecular weight is 427 g/mol. The van der Waals surface area contributed by atoms with E-state index in [4.69, 9.17) is 13.9 Å². The maximum atomic E-state index is 13.3. The third-order valence-corrected chi connectivity index (χ3v) is 6.14. The van der Waals surface area contributed by atoms with Gasteiger partial charge in [-0.2, -0.15) is 0 Å². The zero-order valence-corrected chi connectivity index (χ0v) is 17.7. The Morgan fingerprint density at radius 1 is 1.29 bits per heavy atom. The number of hydrogen-bond acceptors (Lipinski definition) is 6. The summed E-state index contributed by atoms with van der Waals surface area (Å²) in [5.74, 6) is -0.787. The van der Waals surface area contributed by atoms with Gasteiger partial charge in [-0.05, 0) is 57.2 Å². The summed E-state index contributed by atoms with van der Waals surface area (Å²) >= 11 is 0. The lowest BCUT2D eigenvalue weighted by molar-refractivity contribution is -0.167. The van der Waals surface area contributed by atoms with Crippen LogP contribution in [-0.4, -0.2) is 36.6 Å². The van der Waals surface area contributed by atoms with Gasteiger partial charge in [0.15, 0.2) is 11.2 Å². The first kappa shape index (κ1) is 21.6. The highest BCUT2D eigenvalue weighted by Gasteiger charge is 2.39. The zero-order valence-electron chi connectivity index (χ0n) is 17.7. The fourth-order valence-electron chi connectivity index (χ4n) is 4.25. The molecular formula is C24H29NO6. The summed E-state index contributed by atoms with van der Waals surface area (Å²) in [4.78, 5) is 26.1. The van der Waals surface area contributed by atoms with Crippen molar-refractivity contribution in [3.63, 3.8) is 0 Å². The van der Waals surface area contributed by atoms with Crippen molar-refractivity contribution in [1.82, 2.24) is 5.32 Å².